The van der Waals surface area contributed by atoms with E-state index in [1.54, 1.807) is 0 Å². The Kier molecular flexibility index (Phi) is 3710. The molecule has 0 aliphatic rings. The minimum atomic E-state index is 0. The molecule has 0 aromatic carbocycles. The summed E-state index contributed by atoms with van der Waals surface area (Å²) in [5, 5.41) is 0. The Bertz CT molecular complexity index is 3.61. The van der Waals surface area contributed by atoms with Crippen LogP contribution in [0.15, 0.2) is 0 Å². The van der Waals surface area contributed by atoms with Gasteiger partial charge in [0.25, 0.3) is 0 Å². The summed E-state index contributed by atoms with van der Waals surface area (Å²) in [7, 11) is 0. The van der Waals surface area contributed by atoms with E-state index in [1.165, 1.54) is 0 Å². The van der Waals surface area contributed by atoms with Gasteiger partial charge in [-0.05, 0) is 0 Å². The summed E-state index contributed by atoms with van der Waals surface area (Å²) < 4.78 is 0. The van der Waals surface area contributed by atoms with Crippen LogP contribution in [0, 0.1) is 71.5 Å². The second-order valence-electron chi connectivity index (χ2n) is 0. The molecule has 0 saturated heterocycles. The third-order valence-corrected chi connectivity index (χ3v) is 0. The maximum absolute atomic E-state index is 0. The van der Waals surface area contributed by atoms with Crippen LogP contribution in [0.25, 0.3) is 0 Å². The van der Waals surface area contributed by atoms with Crippen molar-refractivity contribution in [3.8, 4) is 0 Å². The van der Waals surface area contributed by atoms with Gasteiger partial charge in [0.2, 0.25) is 0 Å². The van der Waals surface area contributed by atoms with Crippen LogP contribution >= 0.6 is 0 Å². The van der Waals surface area contributed by atoms with Gasteiger partial charge in [0.05, 0.1) is 0 Å². The van der Waals surface area contributed by atoms with Crippen LogP contribution < -0.4 is 0 Å². The van der Waals surface area contributed by atoms with Crippen molar-refractivity contribution in [3.05, 3.63) is 29.7 Å². The Morgan fingerprint density at radius 1 is 0.400 bits per heavy atom. The fraction of sp³-hybridized carbons (Fsp3) is 0. The van der Waals surface area contributed by atoms with Gasteiger partial charge >= 0.3 is 0 Å². The molecule has 0 aliphatic heterocycles. The van der Waals surface area contributed by atoms with E-state index in [9.17, 15) is 0 Å². The van der Waals surface area contributed by atoms with Gasteiger partial charge in [-0.15, -0.1) is 0 Å². The largest absolute Gasteiger partial charge is 0.0467 e. The standard InChI is InChI=1S/4CH3.Ce/h4*1H3;/q4*+1;. The predicted octanol–water partition coefficient (Wildman–Crippen LogP) is 1.80. The first-order valence-electron chi connectivity index (χ1n) is 0. The minimum Gasteiger partial charge on any atom is 0 e. The Labute approximate surface area is 70.7 Å². The van der Waals surface area contributed by atoms with E-state index in [0.717, 1.165) is 0 Å². The molecule has 0 N–H and O–H groups in total. The first kappa shape index (κ1) is 188. The average molecular weight is 200 g/mol. The maximum atomic E-state index is 0. The first-order valence-corrected chi connectivity index (χ1v) is 0. The average Bonchev–Trinajstić information content (AvgIpc) is 0. The van der Waals surface area contributed by atoms with Gasteiger partial charge in [-0.2, -0.15) is 0 Å². The van der Waals surface area contributed by atoms with Gasteiger partial charge in [-0.1, -0.05) is 0 Å². The summed E-state index contributed by atoms with van der Waals surface area (Å²) in [6.45, 7) is 0. The molecule has 0 fully saturated rings. The molecule has 0 aromatic rings. The van der Waals surface area contributed by atoms with E-state index in [2.05, 4.69) is 0 Å². The van der Waals surface area contributed by atoms with Gasteiger partial charge in [0.1, 0.15) is 0 Å². The first-order chi connectivity index (χ1) is 0. The molecule has 0 amide bonds. The minimum absolute atomic E-state index is 0. The molecule has 5 heavy (non-hydrogen) atoms. The van der Waals surface area contributed by atoms with E-state index in [4.69, 9.17) is 0 Å². The molecule has 0 heterocycles. The van der Waals surface area contributed by atoms with Crippen LogP contribution in [-0.4, -0.2) is 0 Å². The van der Waals surface area contributed by atoms with Crippen molar-refractivity contribution >= 4 is 0 Å². The van der Waals surface area contributed by atoms with Crippen LogP contribution in [0.4, 0.5) is 0 Å². The molecule has 0 aliphatic carbocycles. The smallest absolute Gasteiger partial charge is 0 e. The van der Waals surface area contributed by atoms with Gasteiger partial charge in [0.15, 0.2) is 0 Å². The van der Waals surface area contributed by atoms with Crippen molar-refractivity contribution in [1.29, 1.82) is 0 Å². The summed E-state index contributed by atoms with van der Waals surface area (Å²) in [5.41, 5.74) is 0. The van der Waals surface area contributed by atoms with E-state index < -0.39 is 0 Å². The van der Waals surface area contributed by atoms with Crippen LogP contribution in [0.5, 0.6) is 0 Å². The molecule has 0 unspecified atom stereocenters. The monoisotopic (exact) mass is 200 g/mol. The number of hydrogen-bond donors (Lipinski definition) is 0. The molecular formula is C4H12Ce+4. The van der Waals surface area contributed by atoms with Crippen LogP contribution in [-0.2, 0) is 0 Å². The molecule has 0 atom stereocenters. The Morgan fingerprint density at radius 3 is 0.400 bits per heavy atom. The van der Waals surface area contributed by atoms with Gasteiger partial charge in [0, 0.05) is 71.5 Å². The Balaban J connectivity index is 0. The van der Waals surface area contributed by atoms with Crippen molar-refractivity contribution in [3.63, 3.8) is 0 Å². The molecule has 0 rings (SSSR count). The quantitative estimate of drug-likeness (QED) is 0.523. The molecule has 0 radical (unpaired) electrons. The third kappa shape index (κ3) is 54.0. The van der Waals surface area contributed by atoms with Crippen molar-refractivity contribution in [2.24, 2.45) is 0 Å². The van der Waals surface area contributed by atoms with Crippen molar-refractivity contribution < 1.29 is 41.7 Å². The van der Waals surface area contributed by atoms with Gasteiger partial charge in [-0.25, -0.2) is 0 Å². The molecule has 0 spiro atoms. The van der Waals surface area contributed by atoms with E-state index in [1.807, 2.05) is 0 Å². The predicted molar refractivity (Wildman–Crippen MR) is 25.7 cm³/mol. The summed E-state index contributed by atoms with van der Waals surface area (Å²) in [4.78, 5) is 0. The zero-order chi connectivity index (χ0) is 0. The van der Waals surface area contributed by atoms with E-state index in [-0.39, 0.29) is 71.5 Å². The third-order valence-electron chi connectivity index (χ3n) is 0. The summed E-state index contributed by atoms with van der Waals surface area (Å²) in [5.74, 6) is 0. The molecule has 1 heteroatoms. The number of rotatable bonds is 0. The van der Waals surface area contributed by atoms with Crippen LogP contribution in [0.2, 0.25) is 0 Å². The second-order valence-corrected chi connectivity index (χ2v) is 0. The van der Waals surface area contributed by atoms with Gasteiger partial charge < -0.3 is 0 Å². The maximum Gasteiger partial charge on any atom is 0.0467 e. The zero-order valence-electron chi connectivity index (χ0n) is 4.50. The van der Waals surface area contributed by atoms with E-state index >= 15 is 0 Å². The second kappa shape index (κ2) is 98.4. The summed E-state index contributed by atoms with van der Waals surface area (Å²) >= 11 is 0. The molecular weight excluding hydrogens is 188 g/mol. The fourth-order valence-electron chi connectivity index (χ4n) is 0. The van der Waals surface area contributed by atoms with Gasteiger partial charge in [-0.3, -0.25) is 0 Å². The molecule has 0 aromatic heterocycles. The molecule has 0 nitrogen and oxygen atoms in total. The van der Waals surface area contributed by atoms with Crippen LogP contribution in [0.1, 0.15) is 0 Å². The topological polar surface area (TPSA) is 0 Å². The molecule has 0 saturated carbocycles. The van der Waals surface area contributed by atoms with E-state index in [0.29, 0.717) is 0 Å². The van der Waals surface area contributed by atoms with Crippen molar-refractivity contribution in [2.45, 2.75) is 0 Å². The summed E-state index contributed by atoms with van der Waals surface area (Å²) in [6.07, 6.45) is 0. The zero-order valence-corrected chi connectivity index (χ0v) is 7.64. The fourth-order valence-corrected chi connectivity index (χ4v) is 0. The molecule has 28 valence electrons. The Morgan fingerprint density at radius 2 is 0.400 bits per heavy atom. The summed E-state index contributed by atoms with van der Waals surface area (Å²) in [6, 6.07) is 0. The Hall–Kier alpha value is 0.857. The molecule has 0 bridgehead atoms. The number of hydrogen-bond acceptors (Lipinski definition) is 0. The van der Waals surface area contributed by atoms with Crippen molar-refractivity contribution in [1.82, 2.24) is 0 Å². The van der Waals surface area contributed by atoms with Crippen molar-refractivity contribution in [2.75, 3.05) is 0 Å². The van der Waals surface area contributed by atoms with Crippen LogP contribution in [0.3, 0.4) is 0 Å². The SMILES string of the molecule is [CH3+].[CH3+].[CH3+].[CH3+].[Ce]. The normalized spacial score (nSPS) is 0.